The van der Waals surface area contributed by atoms with Crippen LogP contribution in [0.4, 0.5) is 0 Å². The van der Waals surface area contributed by atoms with Crippen molar-refractivity contribution < 1.29 is 14.3 Å². The van der Waals surface area contributed by atoms with E-state index < -0.39 is 0 Å². The Morgan fingerprint density at radius 2 is 1.89 bits per heavy atom. The summed E-state index contributed by atoms with van der Waals surface area (Å²) < 4.78 is 12.5. The molecule has 5 nitrogen and oxygen atoms in total. The van der Waals surface area contributed by atoms with E-state index >= 15 is 0 Å². The van der Waals surface area contributed by atoms with E-state index in [2.05, 4.69) is 20.8 Å². The number of amides is 1. The molecule has 0 atom stereocenters. The summed E-state index contributed by atoms with van der Waals surface area (Å²) in [6.07, 6.45) is 8.82. The van der Waals surface area contributed by atoms with Crippen LogP contribution in [-0.4, -0.2) is 67.7 Å². The van der Waals surface area contributed by atoms with Gasteiger partial charge in [0, 0.05) is 38.8 Å². The van der Waals surface area contributed by atoms with Crippen LogP contribution in [0.5, 0.6) is 5.75 Å². The number of carbonyl (C=O) groups is 1. The zero-order valence-corrected chi connectivity index (χ0v) is 17.9. The van der Waals surface area contributed by atoms with E-state index in [1.807, 2.05) is 29.2 Å². The van der Waals surface area contributed by atoms with Gasteiger partial charge in [0.25, 0.3) is 0 Å². The summed E-state index contributed by atoms with van der Waals surface area (Å²) in [5.41, 5.74) is 0.986. The molecule has 2 saturated heterocycles. The van der Waals surface area contributed by atoms with E-state index in [-0.39, 0.29) is 12.0 Å². The smallest absolute Gasteiger partial charge is 0.246 e. The number of hydrogen-bond donors (Lipinski definition) is 0. The Morgan fingerprint density at radius 1 is 1.14 bits per heavy atom. The zero-order chi connectivity index (χ0) is 19.3. The molecule has 1 saturated carbocycles. The average Bonchev–Trinajstić information content (AvgIpc) is 3.54. The number of piperidine rings is 1. The number of benzene rings is 1. The highest BCUT2D eigenvalue weighted by atomic mass is 79.9. The predicted octanol–water partition coefficient (Wildman–Crippen LogP) is 3.57. The van der Waals surface area contributed by atoms with Crippen molar-refractivity contribution in [3.05, 3.63) is 34.3 Å². The molecule has 0 N–H and O–H groups in total. The van der Waals surface area contributed by atoms with Gasteiger partial charge >= 0.3 is 0 Å². The lowest BCUT2D eigenvalue weighted by Gasteiger charge is -2.32. The van der Waals surface area contributed by atoms with E-state index in [0.29, 0.717) is 26.3 Å². The van der Waals surface area contributed by atoms with Crippen LogP contribution in [0.3, 0.4) is 0 Å². The molecule has 3 fully saturated rings. The van der Waals surface area contributed by atoms with Crippen molar-refractivity contribution in [1.82, 2.24) is 9.80 Å². The average molecular weight is 449 g/mol. The molecule has 1 aliphatic carbocycles. The third-order valence-electron chi connectivity index (χ3n) is 5.74. The molecule has 0 aromatic heterocycles. The van der Waals surface area contributed by atoms with Crippen LogP contribution in [-0.2, 0) is 9.53 Å². The Labute approximate surface area is 175 Å². The lowest BCUT2D eigenvalue weighted by Crippen LogP contribution is -2.39. The van der Waals surface area contributed by atoms with Crippen LogP contribution < -0.4 is 4.74 Å². The maximum absolute atomic E-state index is 12.2. The molecule has 4 rings (SSSR count). The number of rotatable bonds is 6. The lowest BCUT2D eigenvalue weighted by molar-refractivity contribution is -0.129. The number of hydrogen-bond acceptors (Lipinski definition) is 4. The Bertz CT molecular complexity index is 706. The Morgan fingerprint density at radius 3 is 2.57 bits per heavy atom. The number of likely N-dealkylation sites (tertiary alicyclic amines) is 1. The highest BCUT2D eigenvalue weighted by molar-refractivity contribution is 9.10. The van der Waals surface area contributed by atoms with Crippen LogP contribution in [0.1, 0.15) is 31.2 Å². The van der Waals surface area contributed by atoms with Gasteiger partial charge in [-0.25, -0.2) is 0 Å². The minimum absolute atomic E-state index is 0.0395. The third kappa shape index (κ3) is 5.58. The largest absolute Gasteiger partial charge is 0.489 e. The Kier molecular flexibility index (Phi) is 6.70. The van der Waals surface area contributed by atoms with Crippen molar-refractivity contribution >= 4 is 27.9 Å². The van der Waals surface area contributed by atoms with Crippen molar-refractivity contribution in [2.24, 2.45) is 5.92 Å². The van der Waals surface area contributed by atoms with Crippen LogP contribution in [0.15, 0.2) is 28.7 Å². The van der Waals surface area contributed by atoms with Gasteiger partial charge in [-0.2, -0.15) is 0 Å². The quantitative estimate of drug-likeness (QED) is 0.623. The summed E-state index contributed by atoms with van der Waals surface area (Å²) in [5.74, 6) is 1.89. The molecule has 28 heavy (non-hydrogen) atoms. The van der Waals surface area contributed by atoms with Crippen LogP contribution in [0, 0.1) is 5.92 Å². The number of nitrogens with zero attached hydrogens (tertiary/aromatic N) is 2. The van der Waals surface area contributed by atoms with Gasteiger partial charge in [0.2, 0.25) is 5.91 Å². The van der Waals surface area contributed by atoms with Crippen molar-refractivity contribution in [3.8, 4) is 5.75 Å². The van der Waals surface area contributed by atoms with Crippen LogP contribution >= 0.6 is 15.9 Å². The van der Waals surface area contributed by atoms with Gasteiger partial charge in [-0.1, -0.05) is 6.07 Å². The normalized spacial score (nSPS) is 22.0. The molecule has 3 aliphatic rings. The second-order valence-electron chi connectivity index (χ2n) is 8.02. The maximum Gasteiger partial charge on any atom is 0.246 e. The number of morpholine rings is 1. The third-order valence-corrected chi connectivity index (χ3v) is 6.36. The number of ether oxygens (including phenoxy) is 2. The maximum atomic E-state index is 12.2. The predicted molar refractivity (Wildman–Crippen MR) is 113 cm³/mol. The second-order valence-corrected chi connectivity index (χ2v) is 8.88. The van der Waals surface area contributed by atoms with Crippen LogP contribution in [0.25, 0.3) is 6.08 Å². The molecule has 0 spiro atoms. The van der Waals surface area contributed by atoms with Crippen LogP contribution in [0.2, 0.25) is 0 Å². The number of halogens is 1. The molecule has 152 valence electrons. The highest BCUT2D eigenvalue weighted by Crippen LogP contribution is 2.32. The molecular formula is C22H29BrN2O3. The van der Waals surface area contributed by atoms with Gasteiger partial charge in [0.05, 0.1) is 17.7 Å². The van der Waals surface area contributed by atoms with Crippen molar-refractivity contribution in [2.45, 2.75) is 31.8 Å². The molecule has 1 aromatic carbocycles. The lowest BCUT2D eigenvalue weighted by atomic mass is 10.1. The standard InChI is InChI=1S/C22H29BrN2O3/c23-20-15-17(4-6-22(26)25-11-13-27-14-12-25)3-5-21(20)28-19-7-9-24(10-8-19)16-18-1-2-18/h3-6,15,18-19H,1-2,7-14,16H2/b6-4+. The molecule has 0 unspecified atom stereocenters. The molecule has 2 aliphatic heterocycles. The first-order valence-electron chi connectivity index (χ1n) is 10.4. The van der Waals surface area contributed by atoms with Crippen molar-refractivity contribution in [3.63, 3.8) is 0 Å². The molecule has 1 amide bonds. The van der Waals surface area contributed by atoms with Gasteiger partial charge in [0.1, 0.15) is 11.9 Å². The summed E-state index contributed by atoms with van der Waals surface area (Å²) in [6, 6.07) is 6.02. The van der Waals surface area contributed by atoms with Crippen molar-refractivity contribution in [1.29, 1.82) is 0 Å². The van der Waals surface area contributed by atoms with Gasteiger partial charge in [-0.05, 0) is 71.3 Å². The first-order chi connectivity index (χ1) is 13.7. The minimum atomic E-state index is 0.0395. The van der Waals surface area contributed by atoms with Gasteiger partial charge in [-0.15, -0.1) is 0 Å². The minimum Gasteiger partial charge on any atom is -0.489 e. The van der Waals surface area contributed by atoms with E-state index in [0.717, 1.165) is 47.6 Å². The Hall–Kier alpha value is -1.37. The topological polar surface area (TPSA) is 42.0 Å². The fourth-order valence-electron chi connectivity index (χ4n) is 3.83. The van der Waals surface area contributed by atoms with Gasteiger partial charge < -0.3 is 19.3 Å². The summed E-state index contributed by atoms with van der Waals surface area (Å²) in [5, 5.41) is 0. The van der Waals surface area contributed by atoms with E-state index in [1.165, 1.54) is 19.4 Å². The summed E-state index contributed by atoms with van der Waals surface area (Å²) in [6.45, 7) is 6.14. The highest BCUT2D eigenvalue weighted by Gasteiger charge is 2.27. The summed E-state index contributed by atoms with van der Waals surface area (Å²) >= 11 is 3.63. The van der Waals surface area contributed by atoms with Gasteiger partial charge in [-0.3, -0.25) is 4.79 Å². The molecule has 0 bridgehead atoms. The first kappa shape index (κ1) is 19.9. The Balaban J connectivity index is 1.28. The molecule has 2 heterocycles. The fraction of sp³-hybridized carbons (Fsp3) is 0.591. The first-order valence-corrected chi connectivity index (χ1v) is 11.2. The fourth-order valence-corrected chi connectivity index (χ4v) is 4.32. The number of carbonyl (C=O) groups excluding carboxylic acids is 1. The zero-order valence-electron chi connectivity index (χ0n) is 16.3. The SMILES string of the molecule is O=C(/C=C/c1ccc(OC2CCN(CC3CC3)CC2)c(Br)c1)N1CCOCC1. The van der Waals surface area contributed by atoms with Crippen molar-refractivity contribution in [2.75, 3.05) is 45.9 Å². The summed E-state index contributed by atoms with van der Waals surface area (Å²) in [7, 11) is 0. The van der Waals surface area contributed by atoms with E-state index in [9.17, 15) is 4.79 Å². The summed E-state index contributed by atoms with van der Waals surface area (Å²) in [4.78, 5) is 16.6. The second kappa shape index (κ2) is 9.42. The molecule has 0 radical (unpaired) electrons. The van der Waals surface area contributed by atoms with E-state index in [1.54, 1.807) is 6.08 Å². The monoisotopic (exact) mass is 448 g/mol. The van der Waals surface area contributed by atoms with E-state index in [4.69, 9.17) is 9.47 Å². The molecule has 1 aromatic rings. The van der Waals surface area contributed by atoms with Gasteiger partial charge in [0.15, 0.2) is 0 Å². The molecular weight excluding hydrogens is 420 g/mol. The molecule has 6 heteroatoms.